The van der Waals surface area contributed by atoms with E-state index in [1.165, 1.54) is 4.57 Å². The molecule has 0 radical (unpaired) electrons. The van der Waals surface area contributed by atoms with Gasteiger partial charge in [-0.25, -0.2) is 14.5 Å². The molecule has 9 heteroatoms. The summed E-state index contributed by atoms with van der Waals surface area (Å²) >= 11 is 0. The van der Waals surface area contributed by atoms with Gasteiger partial charge in [0.05, 0.1) is 28.3 Å². The number of benzene rings is 2. The molecule has 1 N–H and O–H groups in total. The van der Waals surface area contributed by atoms with Crippen LogP contribution in [0.1, 0.15) is 46.0 Å². The van der Waals surface area contributed by atoms with Crippen LogP contribution in [0.2, 0.25) is 0 Å². The van der Waals surface area contributed by atoms with E-state index in [0.29, 0.717) is 44.9 Å². The number of carbonyl (C=O) groups is 1. The maximum Gasteiger partial charge on any atom is 0.267 e. The standard InChI is InChI=1S/C31H23N7O2/c1-20-26(29-33-16-7-19-37(29)36-20)30(39)34-21(2)28-35-25-11-6-8-23(13-12-22-14-17-32-18-15-22)27(25)31(40)38(28)24-9-4-3-5-10-24/h3-11,14-19,21H,1-2H3,(H,34,39)/t21-/m1/s1. The van der Waals surface area contributed by atoms with Gasteiger partial charge in [0.2, 0.25) is 0 Å². The molecule has 0 saturated carbocycles. The highest BCUT2D eigenvalue weighted by molar-refractivity contribution is 6.01. The van der Waals surface area contributed by atoms with E-state index in [1.54, 1.807) is 61.3 Å². The van der Waals surface area contributed by atoms with Crippen molar-refractivity contribution in [3.63, 3.8) is 0 Å². The maximum atomic E-state index is 14.1. The zero-order valence-corrected chi connectivity index (χ0v) is 21.7. The average molecular weight is 526 g/mol. The Kier molecular flexibility index (Phi) is 6.34. The first-order valence-corrected chi connectivity index (χ1v) is 12.6. The molecule has 0 saturated heterocycles. The topological polar surface area (TPSA) is 107 Å². The molecule has 0 spiro atoms. The van der Waals surface area contributed by atoms with Crippen LogP contribution in [0.5, 0.6) is 0 Å². The van der Waals surface area contributed by atoms with Gasteiger partial charge in [0.15, 0.2) is 5.65 Å². The lowest BCUT2D eigenvalue weighted by Crippen LogP contribution is -2.33. The number of nitrogens with one attached hydrogen (secondary N) is 1. The highest BCUT2D eigenvalue weighted by atomic mass is 16.2. The number of carbonyl (C=O) groups excluding carboxylic acids is 1. The van der Waals surface area contributed by atoms with Crippen molar-refractivity contribution in [2.75, 3.05) is 0 Å². The van der Waals surface area contributed by atoms with Crippen LogP contribution in [0, 0.1) is 18.8 Å². The van der Waals surface area contributed by atoms with Crippen molar-refractivity contribution in [3.05, 3.63) is 130 Å². The van der Waals surface area contributed by atoms with Crippen molar-refractivity contribution >= 4 is 22.5 Å². The molecular formula is C31H23N7O2. The van der Waals surface area contributed by atoms with E-state index in [0.717, 1.165) is 5.56 Å². The van der Waals surface area contributed by atoms with Gasteiger partial charge in [0, 0.05) is 35.9 Å². The lowest BCUT2D eigenvalue weighted by molar-refractivity contribution is 0.0938. The van der Waals surface area contributed by atoms with E-state index in [9.17, 15) is 9.59 Å². The monoisotopic (exact) mass is 525 g/mol. The molecule has 0 aliphatic rings. The fourth-order valence-corrected chi connectivity index (χ4v) is 4.64. The minimum atomic E-state index is -0.630. The first kappa shape index (κ1) is 24.7. The Balaban J connectivity index is 1.48. The van der Waals surface area contributed by atoms with Gasteiger partial charge < -0.3 is 5.32 Å². The van der Waals surface area contributed by atoms with Crippen LogP contribution >= 0.6 is 0 Å². The van der Waals surface area contributed by atoms with Crippen molar-refractivity contribution in [3.8, 4) is 17.5 Å². The zero-order chi connectivity index (χ0) is 27.6. The molecule has 4 heterocycles. The van der Waals surface area contributed by atoms with Crippen LogP contribution in [0.15, 0.2) is 96.3 Å². The summed E-state index contributed by atoms with van der Waals surface area (Å²) in [7, 11) is 0. The van der Waals surface area contributed by atoms with Crippen molar-refractivity contribution in [2.45, 2.75) is 19.9 Å². The van der Waals surface area contributed by atoms with E-state index in [2.05, 4.69) is 32.2 Å². The SMILES string of the molecule is Cc1nn2cccnc2c1C(=O)N[C@H](C)c1nc2cccc(C#Cc3ccncc3)c2c(=O)n1-c1ccccc1. The average Bonchev–Trinajstić information content (AvgIpc) is 3.32. The fourth-order valence-electron chi connectivity index (χ4n) is 4.64. The number of aromatic nitrogens is 6. The van der Waals surface area contributed by atoms with Gasteiger partial charge in [-0.05, 0) is 56.3 Å². The summed E-state index contributed by atoms with van der Waals surface area (Å²) in [6.45, 7) is 3.56. The molecule has 0 fully saturated rings. The van der Waals surface area contributed by atoms with Gasteiger partial charge >= 0.3 is 0 Å². The van der Waals surface area contributed by atoms with Crippen LogP contribution in [0.25, 0.3) is 22.2 Å². The second-order valence-electron chi connectivity index (χ2n) is 9.18. The minimum absolute atomic E-state index is 0.277. The number of pyridine rings is 1. The van der Waals surface area contributed by atoms with Crippen molar-refractivity contribution in [1.82, 2.24) is 34.4 Å². The summed E-state index contributed by atoms with van der Waals surface area (Å²) in [4.78, 5) is 40.8. The number of rotatable bonds is 4. The van der Waals surface area contributed by atoms with Crippen LogP contribution in [-0.4, -0.2) is 35.0 Å². The third-order valence-corrected chi connectivity index (χ3v) is 6.49. The predicted octanol–water partition coefficient (Wildman–Crippen LogP) is 4.02. The van der Waals surface area contributed by atoms with E-state index in [4.69, 9.17) is 4.98 Å². The molecule has 194 valence electrons. The quantitative estimate of drug-likeness (QED) is 0.349. The van der Waals surface area contributed by atoms with Gasteiger partial charge in [-0.1, -0.05) is 36.1 Å². The molecule has 9 nitrogen and oxygen atoms in total. The molecule has 1 amide bonds. The lowest BCUT2D eigenvalue weighted by Gasteiger charge is -2.20. The first-order chi connectivity index (χ1) is 19.5. The van der Waals surface area contributed by atoms with Gasteiger partial charge in [-0.3, -0.25) is 19.1 Å². The molecule has 6 rings (SSSR count). The Hall–Kier alpha value is -5.62. The van der Waals surface area contributed by atoms with Crippen LogP contribution in [-0.2, 0) is 0 Å². The van der Waals surface area contributed by atoms with Gasteiger partial charge in [-0.2, -0.15) is 5.10 Å². The number of amides is 1. The van der Waals surface area contributed by atoms with Crippen LogP contribution in [0.3, 0.4) is 0 Å². The third kappa shape index (κ3) is 4.48. The Morgan fingerprint density at radius 1 is 0.950 bits per heavy atom. The number of aryl methyl sites for hydroxylation is 1. The molecule has 0 bridgehead atoms. The lowest BCUT2D eigenvalue weighted by atomic mass is 10.1. The van der Waals surface area contributed by atoms with E-state index >= 15 is 0 Å². The second-order valence-corrected chi connectivity index (χ2v) is 9.18. The van der Waals surface area contributed by atoms with Gasteiger partial charge in [0.25, 0.3) is 11.5 Å². The van der Waals surface area contributed by atoms with Crippen LogP contribution in [0.4, 0.5) is 0 Å². The van der Waals surface area contributed by atoms with Crippen molar-refractivity contribution < 1.29 is 4.79 Å². The van der Waals surface area contributed by atoms with Crippen LogP contribution < -0.4 is 10.9 Å². The molecule has 0 aliphatic carbocycles. The fraction of sp³-hybridized carbons (Fsp3) is 0.0968. The largest absolute Gasteiger partial charge is 0.342 e. The molecule has 2 aromatic carbocycles. The molecule has 6 aromatic rings. The Morgan fingerprint density at radius 3 is 2.55 bits per heavy atom. The molecule has 0 aliphatic heterocycles. The Morgan fingerprint density at radius 2 is 1.75 bits per heavy atom. The number of nitrogens with zero attached hydrogens (tertiary/aromatic N) is 6. The summed E-state index contributed by atoms with van der Waals surface area (Å²) in [5.41, 5.74) is 3.56. The van der Waals surface area contributed by atoms with E-state index in [1.807, 2.05) is 48.5 Å². The summed E-state index contributed by atoms with van der Waals surface area (Å²) < 4.78 is 3.10. The Bertz CT molecular complexity index is 2000. The van der Waals surface area contributed by atoms with Crippen molar-refractivity contribution in [1.29, 1.82) is 0 Å². The summed E-state index contributed by atoms with van der Waals surface area (Å²) in [6, 6.07) is 19.4. The normalized spacial score (nSPS) is 11.7. The number of hydrogen-bond acceptors (Lipinski definition) is 6. The molecule has 4 aromatic heterocycles. The molecule has 0 unspecified atom stereocenters. The van der Waals surface area contributed by atoms with E-state index < -0.39 is 6.04 Å². The highest BCUT2D eigenvalue weighted by Crippen LogP contribution is 2.21. The summed E-state index contributed by atoms with van der Waals surface area (Å²) in [5.74, 6) is 6.26. The minimum Gasteiger partial charge on any atom is -0.342 e. The first-order valence-electron chi connectivity index (χ1n) is 12.6. The zero-order valence-electron chi connectivity index (χ0n) is 21.7. The van der Waals surface area contributed by atoms with Gasteiger partial charge in [-0.15, -0.1) is 0 Å². The van der Waals surface area contributed by atoms with Crippen molar-refractivity contribution in [2.24, 2.45) is 0 Å². The predicted molar refractivity (Wildman–Crippen MR) is 151 cm³/mol. The second kappa shape index (κ2) is 10.3. The number of hydrogen-bond donors (Lipinski definition) is 1. The molecular weight excluding hydrogens is 502 g/mol. The summed E-state index contributed by atoms with van der Waals surface area (Å²) in [5, 5.41) is 7.80. The van der Waals surface area contributed by atoms with Gasteiger partial charge in [0.1, 0.15) is 11.4 Å². The summed E-state index contributed by atoms with van der Waals surface area (Å²) in [6.07, 6.45) is 6.69. The maximum absolute atomic E-state index is 14.1. The van der Waals surface area contributed by atoms with E-state index in [-0.39, 0.29) is 11.5 Å². The Labute approximate surface area is 229 Å². The molecule has 40 heavy (non-hydrogen) atoms. The number of para-hydroxylation sites is 1. The third-order valence-electron chi connectivity index (χ3n) is 6.49. The molecule has 1 atom stereocenters. The number of fused-ring (bicyclic) bond motifs is 2. The highest BCUT2D eigenvalue weighted by Gasteiger charge is 2.24. The smallest absolute Gasteiger partial charge is 0.267 e.